The Balaban J connectivity index is 2.55. The molecule has 0 saturated carbocycles. The molecule has 5 heteroatoms. The molecule has 0 bridgehead atoms. The maximum atomic E-state index is 11.9. The SMILES string of the molecule is CCC(C)NC(=O)COC(=O)c1cccc(N(C)C)c1. The van der Waals surface area contributed by atoms with Crippen LogP contribution in [0.3, 0.4) is 0 Å². The van der Waals surface area contributed by atoms with Crippen LogP contribution in [0.2, 0.25) is 0 Å². The van der Waals surface area contributed by atoms with E-state index >= 15 is 0 Å². The van der Waals surface area contributed by atoms with Crippen LogP contribution in [0.25, 0.3) is 0 Å². The number of carbonyl (C=O) groups excluding carboxylic acids is 2. The molecule has 0 aromatic heterocycles. The zero-order chi connectivity index (χ0) is 15.1. The van der Waals surface area contributed by atoms with E-state index in [1.165, 1.54) is 0 Å². The highest BCUT2D eigenvalue weighted by atomic mass is 16.5. The summed E-state index contributed by atoms with van der Waals surface area (Å²) in [5.74, 6) is -0.774. The van der Waals surface area contributed by atoms with Crippen molar-refractivity contribution in [2.75, 3.05) is 25.6 Å². The summed E-state index contributed by atoms with van der Waals surface area (Å²) in [6.07, 6.45) is 0.838. The minimum absolute atomic E-state index is 0.0817. The number of hydrogen-bond acceptors (Lipinski definition) is 4. The Morgan fingerprint density at radius 2 is 2.05 bits per heavy atom. The molecule has 0 fully saturated rings. The highest BCUT2D eigenvalue weighted by molar-refractivity contribution is 5.92. The average Bonchev–Trinajstić information content (AvgIpc) is 2.44. The van der Waals surface area contributed by atoms with Crippen molar-refractivity contribution in [1.82, 2.24) is 5.32 Å². The van der Waals surface area contributed by atoms with Crippen LogP contribution in [0, 0.1) is 0 Å². The van der Waals surface area contributed by atoms with Gasteiger partial charge in [-0.3, -0.25) is 4.79 Å². The fourth-order valence-corrected chi connectivity index (χ4v) is 1.54. The monoisotopic (exact) mass is 278 g/mol. The van der Waals surface area contributed by atoms with Crippen molar-refractivity contribution in [1.29, 1.82) is 0 Å². The van der Waals surface area contributed by atoms with Crippen LogP contribution < -0.4 is 10.2 Å². The normalized spacial score (nSPS) is 11.6. The van der Waals surface area contributed by atoms with Crippen LogP contribution in [0.4, 0.5) is 5.69 Å². The lowest BCUT2D eigenvalue weighted by Crippen LogP contribution is -2.35. The van der Waals surface area contributed by atoms with Gasteiger partial charge in [-0.05, 0) is 31.5 Å². The third-order valence-corrected chi connectivity index (χ3v) is 2.95. The second-order valence-electron chi connectivity index (χ2n) is 4.90. The van der Waals surface area contributed by atoms with E-state index in [9.17, 15) is 9.59 Å². The Hall–Kier alpha value is -2.04. The van der Waals surface area contributed by atoms with Gasteiger partial charge >= 0.3 is 5.97 Å². The number of hydrogen-bond donors (Lipinski definition) is 1. The zero-order valence-electron chi connectivity index (χ0n) is 12.5. The van der Waals surface area contributed by atoms with Gasteiger partial charge in [0.2, 0.25) is 0 Å². The predicted octanol–water partition coefficient (Wildman–Crippen LogP) is 1.82. The van der Waals surface area contributed by atoms with Gasteiger partial charge in [-0.1, -0.05) is 13.0 Å². The van der Waals surface area contributed by atoms with E-state index in [4.69, 9.17) is 4.74 Å². The van der Waals surface area contributed by atoms with Crippen molar-refractivity contribution < 1.29 is 14.3 Å². The molecule has 0 spiro atoms. The van der Waals surface area contributed by atoms with Crippen molar-refractivity contribution in [3.8, 4) is 0 Å². The van der Waals surface area contributed by atoms with Gasteiger partial charge in [0.25, 0.3) is 5.91 Å². The topological polar surface area (TPSA) is 58.6 Å². The lowest BCUT2D eigenvalue weighted by atomic mass is 10.2. The van der Waals surface area contributed by atoms with Crippen LogP contribution in [-0.2, 0) is 9.53 Å². The Labute approximate surface area is 119 Å². The van der Waals surface area contributed by atoms with E-state index in [0.717, 1.165) is 12.1 Å². The number of esters is 1. The molecule has 1 aromatic rings. The Morgan fingerprint density at radius 3 is 2.65 bits per heavy atom. The third kappa shape index (κ3) is 4.91. The van der Waals surface area contributed by atoms with E-state index in [2.05, 4.69) is 5.32 Å². The Morgan fingerprint density at radius 1 is 1.35 bits per heavy atom. The standard InChI is InChI=1S/C15H22N2O3/c1-5-11(2)16-14(18)10-20-15(19)12-7-6-8-13(9-12)17(3)4/h6-9,11H,5,10H2,1-4H3,(H,16,18). The molecule has 0 saturated heterocycles. The number of benzene rings is 1. The number of anilines is 1. The second-order valence-corrected chi connectivity index (χ2v) is 4.90. The fourth-order valence-electron chi connectivity index (χ4n) is 1.54. The van der Waals surface area contributed by atoms with Crippen LogP contribution in [0.1, 0.15) is 30.6 Å². The summed E-state index contributed by atoms with van der Waals surface area (Å²) in [5.41, 5.74) is 1.34. The van der Waals surface area contributed by atoms with E-state index in [0.29, 0.717) is 5.56 Å². The van der Waals surface area contributed by atoms with Crippen molar-refractivity contribution in [3.05, 3.63) is 29.8 Å². The molecule has 1 atom stereocenters. The van der Waals surface area contributed by atoms with Gasteiger partial charge in [-0.25, -0.2) is 4.79 Å². The molecule has 0 heterocycles. The van der Waals surface area contributed by atoms with Gasteiger partial charge in [-0.15, -0.1) is 0 Å². The van der Waals surface area contributed by atoms with Crippen molar-refractivity contribution in [2.45, 2.75) is 26.3 Å². The first-order chi connectivity index (χ1) is 9.43. The van der Waals surface area contributed by atoms with Gasteiger partial charge in [0.1, 0.15) is 0 Å². The largest absolute Gasteiger partial charge is 0.452 e. The van der Waals surface area contributed by atoms with E-state index in [-0.39, 0.29) is 18.6 Å². The Kier molecular flexibility index (Phi) is 6.03. The first-order valence-corrected chi connectivity index (χ1v) is 6.68. The lowest BCUT2D eigenvalue weighted by Gasteiger charge is -2.14. The lowest BCUT2D eigenvalue weighted by molar-refractivity contribution is -0.124. The average molecular weight is 278 g/mol. The summed E-state index contributed by atoms with van der Waals surface area (Å²) in [6, 6.07) is 7.16. The zero-order valence-corrected chi connectivity index (χ0v) is 12.5. The molecule has 110 valence electrons. The third-order valence-electron chi connectivity index (χ3n) is 2.95. The molecule has 5 nitrogen and oxygen atoms in total. The Bertz CT molecular complexity index is 472. The van der Waals surface area contributed by atoms with Crippen molar-refractivity contribution in [2.24, 2.45) is 0 Å². The second kappa shape index (κ2) is 7.53. The molecule has 1 unspecified atom stereocenters. The predicted molar refractivity (Wildman–Crippen MR) is 78.9 cm³/mol. The van der Waals surface area contributed by atoms with Gasteiger partial charge in [-0.2, -0.15) is 0 Å². The molecule has 0 radical (unpaired) electrons. The van der Waals surface area contributed by atoms with E-state index < -0.39 is 5.97 Å². The number of rotatable bonds is 6. The molecule has 1 amide bonds. The molecule has 1 rings (SSSR count). The number of carbonyl (C=O) groups is 2. The van der Waals surface area contributed by atoms with Gasteiger partial charge in [0, 0.05) is 25.8 Å². The first-order valence-electron chi connectivity index (χ1n) is 6.68. The highest BCUT2D eigenvalue weighted by Crippen LogP contribution is 2.14. The summed E-state index contributed by atoms with van der Waals surface area (Å²) in [5, 5.41) is 2.74. The molecule has 20 heavy (non-hydrogen) atoms. The minimum Gasteiger partial charge on any atom is -0.452 e. The number of nitrogens with one attached hydrogen (secondary N) is 1. The minimum atomic E-state index is -0.493. The van der Waals surface area contributed by atoms with Gasteiger partial charge in [0.05, 0.1) is 5.56 Å². The van der Waals surface area contributed by atoms with Crippen LogP contribution in [-0.4, -0.2) is 38.6 Å². The van der Waals surface area contributed by atoms with Gasteiger partial charge < -0.3 is 15.0 Å². The molecule has 1 aromatic carbocycles. The van der Waals surface area contributed by atoms with Crippen LogP contribution in [0.15, 0.2) is 24.3 Å². The molecule has 0 aliphatic rings. The van der Waals surface area contributed by atoms with Crippen molar-refractivity contribution >= 4 is 17.6 Å². The molecular formula is C15H22N2O3. The number of ether oxygens (including phenoxy) is 1. The quantitative estimate of drug-likeness (QED) is 0.806. The van der Waals surface area contributed by atoms with E-state index in [1.54, 1.807) is 18.2 Å². The summed E-state index contributed by atoms with van der Waals surface area (Å²) in [6.45, 7) is 3.62. The number of amides is 1. The summed E-state index contributed by atoms with van der Waals surface area (Å²) in [7, 11) is 3.79. The van der Waals surface area contributed by atoms with Crippen LogP contribution in [0.5, 0.6) is 0 Å². The maximum Gasteiger partial charge on any atom is 0.338 e. The van der Waals surface area contributed by atoms with E-state index in [1.807, 2.05) is 38.9 Å². The van der Waals surface area contributed by atoms with Gasteiger partial charge in [0.15, 0.2) is 6.61 Å². The molecule has 0 aliphatic carbocycles. The molecular weight excluding hydrogens is 256 g/mol. The summed E-state index contributed by atoms with van der Waals surface area (Å²) in [4.78, 5) is 25.3. The summed E-state index contributed by atoms with van der Waals surface area (Å²) >= 11 is 0. The molecule has 1 N–H and O–H groups in total. The fraction of sp³-hybridized carbons (Fsp3) is 0.467. The highest BCUT2D eigenvalue weighted by Gasteiger charge is 2.12. The van der Waals surface area contributed by atoms with Crippen LogP contribution >= 0.6 is 0 Å². The molecule has 0 aliphatic heterocycles. The maximum absolute atomic E-state index is 11.9. The van der Waals surface area contributed by atoms with Crippen molar-refractivity contribution in [3.63, 3.8) is 0 Å². The number of nitrogens with zero attached hydrogens (tertiary/aromatic N) is 1. The first kappa shape index (κ1) is 16.0. The smallest absolute Gasteiger partial charge is 0.338 e. The summed E-state index contributed by atoms with van der Waals surface area (Å²) < 4.78 is 5.00.